The van der Waals surface area contributed by atoms with Crippen LogP contribution in [-0.2, 0) is 9.59 Å². The molecule has 2 amide bonds. The van der Waals surface area contributed by atoms with Gasteiger partial charge in [-0.05, 0) is 51.3 Å². The molecule has 0 bridgehead atoms. The van der Waals surface area contributed by atoms with Crippen molar-refractivity contribution < 1.29 is 19.1 Å². The normalized spacial score (nSPS) is 10.3. The predicted octanol–water partition coefficient (Wildman–Crippen LogP) is 5.03. The summed E-state index contributed by atoms with van der Waals surface area (Å²) in [7, 11) is 0. The fourth-order valence-electron chi connectivity index (χ4n) is 2.54. The van der Waals surface area contributed by atoms with Crippen LogP contribution in [0.4, 0.5) is 0 Å². The lowest BCUT2D eigenvalue weighted by Crippen LogP contribution is -2.45. The van der Waals surface area contributed by atoms with Crippen LogP contribution in [0.1, 0.15) is 0 Å². The molecule has 0 spiro atoms. The molecule has 160 valence electrons. The zero-order valence-electron chi connectivity index (χ0n) is 16.0. The van der Waals surface area contributed by atoms with Crippen molar-refractivity contribution in [2.24, 2.45) is 0 Å². The highest BCUT2D eigenvalue weighted by atomic mass is 79.9. The maximum atomic E-state index is 11.9. The third kappa shape index (κ3) is 6.89. The molecule has 3 aromatic rings. The number of benzene rings is 3. The topological polar surface area (TPSA) is 76.7 Å². The molecule has 6 nitrogen and oxygen atoms in total. The van der Waals surface area contributed by atoms with Gasteiger partial charge < -0.3 is 9.47 Å². The smallest absolute Gasteiger partial charge is 0.276 e. The Morgan fingerprint density at radius 1 is 0.806 bits per heavy atom. The first-order chi connectivity index (χ1) is 14.9. The highest BCUT2D eigenvalue weighted by Crippen LogP contribution is 2.35. The fourth-order valence-corrected chi connectivity index (χ4v) is 3.91. The Hall–Kier alpha value is -2.74. The monoisotopic (exact) mass is 522 g/mol. The summed E-state index contributed by atoms with van der Waals surface area (Å²) in [5.74, 6) is -0.286. The summed E-state index contributed by atoms with van der Waals surface area (Å²) in [5, 5.41) is 0.679. The van der Waals surface area contributed by atoms with Crippen molar-refractivity contribution in [2.75, 3.05) is 13.2 Å². The van der Waals surface area contributed by atoms with Gasteiger partial charge in [0.15, 0.2) is 19.0 Å². The Morgan fingerprint density at radius 2 is 1.39 bits per heavy atom. The number of nitrogens with one attached hydrogen (secondary N) is 2. The molecule has 0 aromatic heterocycles. The van der Waals surface area contributed by atoms with Gasteiger partial charge in [0.25, 0.3) is 11.8 Å². The van der Waals surface area contributed by atoms with Crippen molar-refractivity contribution in [1.29, 1.82) is 0 Å². The van der Waals surface area contributed by atoms with Crippen molar-refractivity contribution in [3.05, 3.63) is 81.2 Å². The van der Waals surface area contributed by atoms with Crippen LogP contribution in [0.5, 0.6) is 11.5 Å². The zero-order chi connectivity index (χ0) is 22.2. The summed E-state index contributed by atoms with van der Waals surface area (Å²) in [6, 6.07) is 20.3. The summed E-state index contributed by atoms with van der Waals surface area (Å²) in [5.41, 5.74) is 6.62. The van der Waals surface area contributed by atoms with Crippen LogP contribution >= 0.6 is 39.1 Å². The predicted molar refractivity (Wildman–Crippen MR) is 123 cm³/mol. The Kier molecular flexibility index (Phi) is 8.17. The van der Waals surface area contributed by atoms with Crippen molar-refractivity contribution in [1.82, 2.24) is 10.9 Å². The minimum absolute atomic E-state index is 0.253. The molecule has 0 atom stereocenters. The zero-order valence-corrected chi connectivity index (χ0v) is 19.1. The molecule has 0 aliphatic rings. The number of hydrogen-bond acceptors (Lipinski definition) is 4. The van der Waals surface area contributed by atoms with E-state index in [1.54, 1.807) is 18.2 Å². The first-order valence-corrected chi connectivity index (χ1v) is 10.6. The highest BCUT2D eigenvalue weighted by molar-refractivity contribution is 9.10. The second-order valence-electron chi connectivity index (χ2n) is 6.26. The molecule has 9 heteroatoms. The third-order valence-electron chi connectivity index (χ3n) is 3.98. The number of ether oxygens (including phenoxy) is 2. The lowest BCUT2D eigenvalue weighted by atomic mass is 10.1. The van der Waals surface area contributed by atoms with Crippen molar-refractivity contribution in [2.45, 2.75) is 0 Å². The first-order valence-electron chi connectivity index (χ1n) is 9.05. The van der Waals surface area contributed by atoms with Crippen LogP contribution in [0.3, 0.4) is 0 Å². The molecule has 0 saturated carbocycles. The molecule has 0 saturated heterocycles. The van der Waals surface area contributed by atoms with Crippen LogP contribution in [0.2, 0.25) is 10.0 Å². The molecule has 0 unspecified atom stereocenters. The second kappa shape index (κ2) is 11.0. The van der Waals surface area contributed by atoms with Gasteiger partial charge in [0, 0.05) is 5.02 Å². The summed E-state index contributed by atoms with van der Waals surface area (Å²) in [6.45, 7) is -0.623. The minimum atomic E-state index is -0.571. The Balaban J connectivity index is 1.40. The molecule has 31 heavy (non-hydrogen) atoms. The van der Waals surface area contributed by atoms with Crippen molar-refractivity contribution in [3.63, 3.8) is 0 Å². The number of hydrazine groups is 1. The molecule has 0 fully saturated rings. The standard InChI is InChI=1S/C22H17BrCl2N2O4/c23-18-10-16(24)11-19(25)22(18)31-13-21(29)27-26-20(28)12-30-17-8-6-15(7-9-17)14-4-2-1-3-5-14/h1-11H,12-13H2,(H,26,28)(H,27,29). The second-order valence-corrected chi connectivity index (χ2v) is 7.96. The molecule has 0 radical (unpaired) electrons. The van der Waals surface area contributed by atoms with Gasteiger partial charge in [-0.15, -0.1) is 0 Å². The quantitative estimate of drug-likeness (QED) is 0.426. The molecular formula is C22H17BrCl2N2O4. The number of hydrogen-bond donors (Lipinski definition) is 2. The van der Waals surface area contributed by atoms with E-state index in [-0.39, 0.29) is 24.0 Å². The molecule has 3 aromatic carbocycles. The van der Waals surface area contributed by atoms with E-state index in [2.05, 4.69) is 26.8 Å². The van der Waals surface area contributed by atoms with Crippen LogP contribution < -0.4 is 20.3 Å². The van der Waals surface area contributed by atoms with Gasteiger partial charge in [-0.1, -0.05) is 65.7 Å². The van der Waals surface area contributed by atoms with Gasteiger partial charge in [0.05, 0.1) is 9.50 Å². The fraction of sp³-hybridized carbons (Fsp3) is 0.0909. The third-order valence-corrected chi connectivity index (χ3v) is 5.07. The number of carbonyl (C=O) groups excluding carboxylic acids is 2. The Labute approximate surface area is 197 Å². The van der Waals surface area contributed by atoms with Crippen molar-refractivity contribution >= 4 is 50.9 Å². The van der Waals surface area contributed by atoms with E-state index in [4.69, 9.17) is 32.7 Å². The van der Waals surface area contributed by atoms with E-state index >= 15 is 0 Å². The largest absolute Gasteiger partial charge is 0.484 e. The van der Waals surface area contributed by atoms with Gasteiger partial charge in [-0.3, -0.25) is 20.4 Å². The van der Waals surface area contributed by atoms with E-state index < -0.39 is 11.8 Å². The number of halogens is 3. The molecule has 0 aliphatic heterocycles. The number of rotatable bonds is 7. The van der Waals surface area contributed by atoms with E-state index in [0.717, 1.165) is 11.1 Å². The summed E-state index contributed by atoms with van der Waals surface area (Å²) in [6.07, 6.45) is 0. The summed E-state index contributed by atoms with van der Waals surface area (Å²) >= 11 is 15.2. The number of carbonyl (C=O) groups is 2. The van der Waals surface area contributed by atoms with Crippen molar-refractivity contribution in [3.8, 4) is 22.6 Å². The summed E-state index contributed by atoms with van der Waals surface area (Å²) in [4.78, 5) is 23.8. The molecule has 0 aliphatic carbocycles. The van der Waals surface area contributed by atoms with Gasteiger partial charge in [0.1, 0.15) is 5.75 Å². The van der Waals surface area contributed by atoms with Gasteiger partial charge in [-0.2, -0.15) is 0 Å². The highest BCUT2D eigenvalue weighted by Gasteiger charge is 2.12. The Morgan fingerprint density at radius 3 is 2.00 bits per heavy atom. The minimum Gasteiger partial charge on any atom is -0.484 e. The molecule has 2 N–H and O–H groups in total. The first kappa shape index (κ1) is 22.9. The van der Waals surface area contributed by atoms with Gasteiger partial charge in [0.2, 0.25) is 0 Å². The average molecular weight is 524 g/mol. The van der Waals surface area contributed by atoms with Crippen LogP contribution in [0.15, 0.2) is 71.2 Å². The number of amides is 2. The van der Waals surface area contributed by atoms with Crippen LogP contribution in [0, 0.1) is 0 Å². The van der Waals surface area contributed by atoms with Crippen LogP contribution in [0.25, 0.3) is 11.1 Å². The Bertz CT molecular complexity index is 1040. The van der Waals surface area contributed by atoms with Gasteiger partial charge in [-0.25, -0.2) is 0 Å². The molecule has 0 heterocycles. The van der Waals surface area contributed by atoms with E-state index in [9.17, 15) is 9.59 Å². The lowest BCUT2D eigenvalue weighted by Gasteiger charge is -2.12. The van der Waals surface area contributed by atoms with Gasteiger partial charge >= 0.3 is 0 Å². The summed E-state index contributed by atoms with van der Waals surface area (Å²) < 4.78 is 11.3. The molecule has 3 rings (SSSR count). The SMILES string of the molecule is O=C(COc1ccc(-c2ccccc2)cc1)NNC(=O)COc1c(Cl)cc(Cl)cc1Br. The lowest BCUT2D eigenvalue weighted by molar-refractivity contribution is -0.131. The van der Waals surface area contributed by atoms with E-state index in [0.29, 0.717) is 15.2 Å². The molecular weight excluding hydrogens is 507 g/mol. The van der Waals surface area contributed by atoms with E-state index in [1.165, 1.54) is 6.07 Å². The van der Waals surface area contributed by atoms with E-state index in [1.807, 2.05) is 42.5 Å². The maximum Gasteiger partial charge on any atom is 0.276 e. The van der Waals surface area contributed by atoms with Crippen LogP contribution in [-0.4, -0.2) is 25.0 Å². The maximum absolute atomic E-state index is 11.9. The average Bonchev–Trinajstić information content (AvgIpc) is 2.76.